The van der Waals surface area contributed by atoms with Crippen molar-refractivity contribution in [2.75, 3.05) is 0 Å². The molecule has 1 radical (unpaired) electrons. The van der Waals surface area contributed by atoms with E-state index in [0.717, 1.165) is 6.29 Å². The lowest BCUT2D eigenvalue weighted by molar-refractivity contribution is -0.162. The van der Waals surface area contributed by atoms with E-state index in [4.69, 9.17) is 0 Å². The van der Waals surface area contributed by atoms with E-state index in [1.54, 1.807) is 0 Å². The van der Waals surface area contributed by atoms with Gasteiger partial charge in [-0.05, 0) is 12.1 Å². The Kier molecular flexibility index (Phi) is 2.98. The van der Waals surface area contributed by atoms with Crippen molar-refractivity contribution in [2.24, 2.45) is 0 Å². The molecule has 0 spiro atoms. The van der Waals surface area contributed by atoms with Crippen molar-refractivity contribution in [3.05, 3.63) is 34.9 Å². The van der Waals surface area contributed by atoms with E-state index in [1.807, 2.05) is 0 Å². The molecule has 7 heteroatoms. The third kappa shape index (κ3) is 2.53. The topological polar surface area (TPSA) is 17.1 Å². The molecule has 1 aromatic carbocycles. The summed E-state index contributed by atoms with van der Waals surface area (Å²) in [4.78, 5) is 10.1. The van der Waals surface area contributed by atoms with E-state index in [-0.39, 0.29) is 12.1 Å². The van der Waals surface area contributed by atoms with Crippen molar-refractivity contribution in [1.29, 1.82) is 0 Å². The summed E-state index contributed by atoms with van der Waals surface area (Å²) >= 11 is 0. The molecule has 0 heterocycles. The smallest absolute Gasteiger partial charge is 0.285 e. The highest BCUT2D eigenvalue weighted by atomic mass is 19.4. The van der Waals surface area contributed by atoms with Crippen molar-refractivity contribution in [2.45, 2.75) is 12.4 Å². The predicted octanol–water partition coefficient (Wildman–Crippen LogP) is 3.18. The van der Waals surface area contributed by atoms with E-state index in [9.17, 15) is 31.1 Å². The van der Waals surface area contributed by atoms with Crippen LogP contribution in [0.2, 0.25) is 0 Å². The fourth-order valence-corrected chi connectivity index (χ4v) is 1.09. The van der Waals surface area contributed by atoms with Crippen molar-refractivity contribution in [3.63, 3.8) is 0 Å². The zero-order valence-electron chi connectivity index (χ0n) is 7.41. The SMILES string of the molecule is O=[C]c1ccc(C(F)(F)F)c(C(F)(F)F)c1. The van der Waals surface area contributed by atoms with Gasteiger partial charge in [-0.25, -0.2) is 0 Å². The normalized spacial score (nSPS) is 12.6. The van der Waals surface area contributed by atoms with Gasteiger partial charge in [-0.2, -0.15) is 26.3 Å². The van der Waals surface area contributed by atoms with Crippen LogP contribution < -0.4 is 0 Å². The Morgan fingerprint density at radius 2 is 1.38 bits per heavy atom. The maximum Gasteiger partial charge on any atom is 0.417 e. The Morgan fingerprint density at radius 1 is 0.875 bits per heavy atom. The summed E-state index contributed by atoms with van der Waals surface area (Å²) in [6.07, 6.45) is -9.19. The summed E-state index contributed by atoms with van der Waals surface area (Å²) in [5.41, 5.74) is -4.29. The molecule has 0 saturated carbocycles. The molecule has 0 atom stereocenters. The Bertz CT molecular complexity index is 403. The summed E-state index contributed by atoms with van der Waals surface area (Å²) < 4.78 is 73.4. The zero-order valence-corrected chi connectivity index (χ0v) is 7.41. The summed E-state index contributed by atoms with van der Waals surface area (Å²) in [6.45, 7) is 0. The lowest BCUT2D eigenvalue weighted by Gasteiger charge is -2.15. The second-order valence-corrected chi connectivity index (χ2v) is 2.86. The minimum Gasteiger partial charge on any atom is -0.285 e. The Morgan fingerprint density at radius 3 is 1.75 bits per heavy atom. The number of rotatable bonds is 1. The summed E-state index contributed by atoms with van der Waals surface area (Å²) in [7, 11) is 0. The first-order valence-electron chi connectivity index (χ1n) is 3.83. The monoisotopic (exact) mass is 241 g/mol. The Labute approximate surface area is 85.7 Å². The van der Waals surface area contributed by atoms with Crippen LogP contribution in [0.1, 0.15) is 16.7 Å². The quantitative estimate of drug-likeness (QED) is 0.690. The first-order valence-corrected chi connectivity index (χ1v) is 3.83. The molecule has 0 aliphatic rings. The van der Waals surface area contributed by atoms with Crippen molar-refractivity contribution >= 4 is 6.29 Å². The van der Waals surface area contributed by atoms with Crippen molar-refractivity contribution in [3.8, 4) is 0 Å². The van der Waals surface area contributed by atoms with Crippen molar-refractivity contribution in [1.82, 2.24) is 0 Å². The highest BCUT2D eigenvalue weighted by molar-refractivity contribution is 5.76. The molecule has 1 nitrogen and oxygen atoms in total. The van der Waals surface area contributed by atoms with Gasteiger partial charge >= 0.3 is 12.4 Å². The lowest BCUT2D eigenvalue weighted by atomic mass is 10.0. The van der Waals surface area contributed by atoms with E-state index < -0.39 is 29.0 Å². The van der Waals surface area contributed by atoms with Crippen LogP contribution in [0.5, 0.6) is 0 Å². The van der Waals surface area contributed by atoms with Crippen LogP contribution >= 0.6 is 0 Å². The summed E-state index contributed by atoms with van der Waals surface area (Å²) in [5.74, 6) is 0. The van der Waals surface area contributed by atoms with Crippen molar-refractivity contribution < 1.29 is 31.1 Å². The number of carbonyl (C=O) groups excluding carboxylic acids is 1. The lowest BCUT2D eigenvalue weighted by Crippen LogP contribution is -2.16. The van der Waals surface area contributed by atoms with Crippen LogP contribution in [0.3, 0.4) is 0 Å². The molecule has 16 heavy (non-hydrogen) atoms. The fraction of sp³-hybridized carbons (Fsp3) is 0.222. The molecule has 0 N–H and O–H groups in total. The molecular weight excluding hydrogens is 238 g/mol. The van der Waals surface area contributed by atoms with Gasteiger partial charge in [-0.3, -0.25) is 4.79 Å². The molecule has 87 valence electrons. The van der Waals surface area contributed by atoms with Crippen LogP contribution in [-0.4, -0.2) is 6.29 Å². The van der Waals surface area contributed by atoms with E-state index in [2.05, 4.69) is 0 Å². The third-order valence-corrected chi connectivity index (χ3v) is 1.75. The molecule has 0 fully saturated rings. The second kappa shape index (κ2) is 3.80. The number of halogens is 6. The standard InChI is InChI=1S/C9H3F6O/c10-8(11,12)6-2-1-5(4-16)3-7(6)9(13,14)15/h1-3H. The zero-order chi connectivity index (χ0) is 12.6. The first-order chi connectivity index (χ1) is 7.16. The molecule has 0 bridgehead atoms. The van der Waals surface area contributed by atoms with Gasteiger partial charge in [-0.1, -0.05) is 6.07 Å². The van der Waals surface area contributed by atoms with Gasteiger partial charge in [0.25, 0.3) is 0 Å². The number of hydrogen-bond donors (Lipinski definition) is 0. The van der Waals surface area contributed by atoms with Gasteiger partial charge in [0.2, 0.25) is 6.29 Å². The van der Waals surface area contributed by atoms with Crippen LogP contribution in [0, 0.1) is 0 Å². The second-order valence-electron chi connectivity index (χ2n) is 2.86. The minimum absolute atomic E-state index is 0.121. The maximum atomic E-state index is 12.3. The highest BCUT2D eigenvalue weighted by Gasteiger charge is 2.42. The van der Waals surface area contributed by atoms with Gasteiger partial charge in [0.1, 0.15) is 0 Å². The van der Waals surface area contributed by atoms with E-state index in [1.165, 1.54) is 0 Å². The van der Waals surface area contributed by atoms with Crippen LogP contribution in [0.15, 0.2) is 18.2 Å². The molecule has 0 amide bonds. The molecule has 1 aromatic rings. The molecule has 0 aliphatic heterocycles. The highest BCUT2D eigenvalue weighted by Crippen LogP contribution is 2.40. The van der Waals surface area contributed by atoms with Gasteiger partial charge in [-0.15, -0.1) is 0 Å². The number of alkyl halides is 6. The molecule has 0 aliphatic carbocycles. The number of hydrogen-bond acceptors (Lipinski definition) is 1. The summed E-state index contributed by atoms with van der Waals surface area (Å²) in [6, 6.07) is 0.962. The van der Waals surface area contributed by atoms with Gasteiger partial charge in [0.15, 0.2) is 0 Å². The predicted molar refractivity (Wildman–Crippen MR) is 41.2 cm³/mol. The molecular formula is C9H3F6O. The molecule has 0 aromatic heterocycles. The average molecular weight is 241 g/mol. The molecule has 0 unspecified atom stereocenters. The van der Waals surface area contributed by atoms with Crippen LogP contribution in [0.25, 0.3) is 0 Å². The van der Waals surface area contributed by atoms with Gasteiger partial charge in [0, 0.05) is 5.56 Å². The Balaban J connectivity index is 3.45. The number of benzene rings is 1. The largest absolute Gasteiger partial charge is 0.417 e. The fourth-order valence-electron chi connectivity index (χ4n) is 1.09. The molecule has 1 rings (SSSR count). The average Bonchev–Trinajstić information content (AvgIpc) is 2.14. The first kappa shape index (κ1) is 12.5. The van der Waals surface area contributed by atoms with Gasteiger partial charge < -0.3 is 0 Å². The van der Waals surface area contributed by atoms with E-state index in [0.29, 0.717) is 6.07 Å². The van der Waals surface area contributed by atoms with Crippen LogP contribution in [0.4, 0.5) is 26.3 Å². The van der Waals surface area contributed by atoms with E-state index >= 15 is 0 Å². The maximum absolute atomic E-state index is 12.3. The third-order valence-electron chi connectivity index (χ3n) is 1.75. The molecule has 0 saturated heterocycles. The van der Waals surface area contributed by atoms with Gasteiger partial charge in [0.05, 0.1) is 11.1 Å². The summed E-state index contributed by atoms with van der Waals surface area (Å²) in [5, 5.41) is 0. The Hall–Kier alpha value is -1.53. The minimum atomic E-state index is -5.17. The van der Waals surface area contributed by atoms with Crippen LogP contribution in [-0.2, 0) is 17.1 Å².